The highest BCUT2D eigenvalue weighted by Crippen LogP contribution is 2.76. The Bertz CT molecular complexity index is 2100. The first-order valence-electron chi connectivity index (χ1n) is 24.9. The van der Waals surface area contributed by atoms with Gasteiger partial charge in [-0.3, -0.25) is 0 Å². The number of aliphatic carboxylic acids is 1. The van der Waals surface area contributed by atoms with Crippen molar-refractivity contribution in [3.05, 3.63) is 34.9 Å². The molecule has 2 saturated heterocycles. The molecule has 0 aromatic carbocycles. The molecule has 4 saturated carbocycles. The molecule has 0 bridgehead atoms. The van der Waals surface area contributed by atoms with Crippen LogP contribution in [0.4, 0.5) is 0 Å². The zero-order valence-electron chi connectivity index (χ0n) is 42.0. The Balaban J connectivity index is 1.20. The molecule has 18 nitrogen and oxygen atoms in total. The van der Waals surface area contributed by atoms with Gasteiger partial charge in [0, 0.05) is 27.6 Å². The molecule has 14 unspecified atom stereocenters. The largest absolute Gasteiger partial charge is 0.479 e. The van der Waals surface area contributed by atoms with Gasteiger partial charge in [-0.15, -0.1) is 0 Å². The Morgan fingerprint density at radius 1 is 0.786 bits per heavy atom. The number of esters is 2. The van der Waals surface area contributed by atoms with E-state index in [1.165, 1.54) is 0 Å². The number of aliphatic hydroxyl groups excluding tert-OH is 8. The number of hydrogen-bond donors (Lipinski definition) is 10. The number of carbonyl (C=O) groups excluding carboxylic acids is 2. The summed E-state index contributed by atoms with van der Waals surface area (Å²) in [5.74, 6) is -5.06. The summed E-state index contributed by atoms with van der Waals surface area (Å²) in [7, 11) is 10.4. The van der Waals surface area contributed by atoms with Crippen LogP contribution in [0.1, 0.15) is 73.1 Å². The summed E-state index contributed by atoms with van der Waals surface area (Å²) >= 11 is 5.12. The molecule has 7 aliphatic rings. The molecule has 6 fully saturated rings. The van der Waals surface area contributed by atoms with E-state index >= 15 is 0 Å². The van der Waals surface area contributed by atoms with E-state index in [0.29, 0.717) is 37.7 Å². The van der Waals surface area contributed by atoms with Gasteiger partial charge < -0.3 is 74.4 Å². The SMILES string of the molecule is BC1(B)C2CC[C@@]3(B)C4C(=CCC3[C@@]2(B)CC[C@@H]1OC1OC(C(=O)O)C(O)C(C)C1OC1OC(CO)C(O)C(O)C1O)C1C[C@@](B)(S)[C@@H](OC(=O)/C(C)=C\C)[C@H](OC(=O)/C(C)=C\C)[C@]1(CO)[C@H](O)[C@@H]4O. The summed E-state index contributed by atoms with van der Waals surface area (Å²) in [5, 5.41) is 98.3. The van der Waals surface area contributed by atoms with Crippen LogP contribution in [0.5, 0.6) is 0 Å². The van der Waals surface area contributed by atoms with Crippen LogP contribution in [-0.4, -0.2) is 207 Å². The molecule has 2 aliphatic heterocycles. The van der Waals surface area contributed by atoms with Gasteiger partial charge >= 0.3 is 17.9 Å². The third-order valence-corrected chi connectivity index (χ3v) is 19.3. The molecule has 386 valence electrons. The molecule has 70 heavy (non-hydrogen) atoms. The van der Waals surface area contributed by atoms with Crippen molar-refractivity contribution in [1.82, 2.24) is 0 Å². The summed E-state index contributed by atoms with van der Waals surface area (Å²) in [6, 6.07) is 0. The molecule has 23 atom stereocenters. The van der Waals surface area contributed by atoms with Gasteiger partial charge in [-0.2, -0.15) is 12.6 Å². The second-order valence-corrected chi connectivity index (χ2v) is 23.9. The first-order valence-corrected chi connectivity index (χ1v) is 25.3. The van der Waals surface area contributed by atoms with Gasteiger partial charge in [-0.1, -0.05) is 60.5 Å². The lowest BCUT2D eigenvalue weighted by molar-refractivity contribution is -0.363. The van der Waals surface area contributed by atoms with Crippen LogP contribution in [0, 0.1) is 35.0 Å². The minimum absolute atomic E-state index is 0.00853. The lowest BCUT2D eigenvalue weighted by Gasteiger charge is -2.70. The van der Waals surface area contributed by atoms with Crippen molar-refractivity contribution in [2.24, 2.45) is 35.0 Å². The van der Waals surface area contributed by atoms with E-state index in [-0.39, 0.29) is 29.1 Å². The van der Waals surface area contributed by atoms with E-state index in [1.807, 2.05) is 0 Å². The predicted molar refractivity (Wildman–Crippen MR) is 267 cm³/mol. The van der Waals surface area contributed by atoms with Gasteiger partial charge in [0.1, 0.15) is 75.9 Å². The normalized spacial score (nSPS) is 49.2. The van der Waals surface area contributed by atoms with Gasteiger partial charge in [-0.05, 0) is 70.0 Å². The summed E-state index contributed by atoms with van der Waals surface area (Å²) in [4.78, 5) is 39.6. The third kappa shape index (κ3) is 8.85. The topological polar surface area (TPSA) is 289 Å². The van der Waals surface area contributed by atoms with E-state index < -0.39 is 155 Å². The Morgan fingerprint density at radius 2 is 1.39 bits per heavy atom. The maximum atomic E-state index is 13.7. The second-order valence-electron chi connectivity index (χ2n) is 22.9. The molecule has 7 rings (SSSR count). The summed E-state index contributed by atoms with van der Waals surface area (Å²) in [6.45, 7) is 6.68. The van der Waals surface area contributed by atoms with Crippen molar-refractivity contribution in [2.75, 3.05) is 13.2 Å². The van der Waals surface area contributed by atoms with E-state index in [2.05, 4.69) is 37.5 Å². The predicted octanol–water partition coefficient (Wildman–Crippen LogP) is -4.16. The summed E-state index contributed by atoms with van der Waals surface area (Å²) in [6.07, 6.45) is -11.8. The molecule has 0 aromatic heterocycles. The molecular weight excluding hydrogens is 927 g/mol. The van der Waals surface area contributed by atoms with Crippen molar-refractivity contribution in [3.63, 3.8) is 0 Å². The average molecular weight is 1000 g/mol. The van der Waals surface area contributed by atoms with E-state index in [9.17, 15) is 60.3 Å². The molecule has 0 radical (unpaired) electrons. The zero-order chi connectivity index (χ0) is 52.0. The van der Waals surface area contributed by atoms with Gasteiger partial charge in [-0.25, -0.2) is 14.4 Å². The monoisotopic (exact) mass is 1000 g/mol. The molecule has 0 spiro atoms. The first kappa shape index (κ1) is 55.6. The minimum atomic E-state index is -1.78. The average Bonchev–Trinajstić information content (AvgIpc) is 3.30. The Morgan fingerprint density at radius 3 is 1.96 bits per heavy atom. The minimum Gasteiger partial charge on any atom is -0.479 e. The Labute approximate surface area is 419 Å². The highest BCUT2D eigenvalue weighted by atomic mass is 32.1. The summed E-state index contributed by atoms with van der Waals surface area (Å²) < 4.78 is 35.8. The van der Waals surface area contributed by atoms with Crippen LogP contribution < -0.4 is 0 Å². The number of allylic oxidation sites excluding steroid dienone is 3. The van der Waals surface area contributed by atoms with Gasteiger partial charge in [0.15, 0.2) is 24.8 Å². The fourth-order valence-electron chi connectivity index (χ4n) is 14.6. The smallest absolute Gasteiger partial charge is 0.335 e. The van der Waals surface area contributed by atoms with Gasteiger partial charge in [0.2, 0.25) is 0 Å². The standard InChI is InChI=1S/C46H73B5O18S/c1-6-17(3)38(62)68-35-36(69-39(63)18(4)7-2)45(49,70)14-21-20-8-9-23-43(47)13-11-25(46(50,51)24(43)10-12-44(23,48)26(20)29(56)34(59)42(21,35)16-53)65-41-32(19(5)27(54)33(67-41)37(60)61)66-40-31(58)30(57)28(55)22(15-52)64-40/h6-8,19,21-36,40-41,52-59,70H,9-16,47-51H2,1-5H3,(H,60,61)/b17-6-,18-7-/t19?,21?,22?,23?,24?,25-,26?,27?,28?,29+,30?,31?,32?,33?,34+,35-,36-,40?,41?,42-,43-,44-,45+/m0/s1. The van der Waals surface area contributed by atoms with Crippen molar-refractivity contribution in [3.8, 4) is 0 Å². The number of aliphatic hydroxyl groups is 8. The number of fused-ring (bicyclic) bond motifs is 7. The number of hydrogen-bond acceptors (Lipinski definition) is 18. The highest BCUT2D eigenvalue weighted by molar-refractivity contribution is 7.83. The fourth-order valence-corrected chi connectivity index (χ4v) is 15.0. The van der Waals surface area contributed by atoms with Crippen molar-refractivity contribution in [1.29, 1.82) is 0 Å². The van der Waals surface area contributed by atoms with Crippen molar-refractivity contribution in [2.45, 2.75) is 179 Å². The molecule has 0 aromatic rings. The van der Waals surface area contributed by atoms with Crippen LogP contribution in [0.25, 0.3) is 0 Å². The second kappa shape index (κ2) is 20.2. The molecule has 5 aliphatic carbocycles. The number of thiol groups is 1. The molecule has 9 N–H and O–H groups in total. The number of carboxylic acid groups (broad SMARTS) is 1. The number of rotatable bonds is 11. The lowest BCUT2D eigenvalue weighted by atomic mass is 9.24. The Hall–Kier alpha value is -2.18. The van der Waals surface area contributed by atoms with E-state index in [1.54, 1.807) is 54.6 Å². The summed E-state index contributed by atoms with van der Waals surface area (Å²) in [5.41, 5.74) is -0.284. The van der Waals surface area contributed by atoms with Crippen molar-refractivity contribution >= 4 is 69.8 Å². The first-order chi connectivity index (χ1) is 32.6. The lowest BCUT2D eigenvalue weighted by Crippen LogP contribution is -2.74. The zero-order valence-corrected chi connectivity index (χ0v) is 42.9. The number of ether oxygens (including phenoxy) is 6. The molecule has 24 heteroatoms. The third-order valence-electron chi connectivity index (χ3n) is 18.8. The molecular formula is C46H73B5O18S. The van der Waals surface area contributed by atoms with Crippen LogP contribution >= 0.6 is 12.6 Å². The fraction of sp³-hybridized carbons (Fsp3) is 0.804. The maximum absolute atomic E-state index is 13.7. The van der Waals surface area contributed by atoms with Crippen LogP contribution in [0.15, 0.2) is 34.9 Å². The number of carboxylic acids is 1. The number of carbonyl (C=O) groups is 3. The Kier molecular flexibility index (Phi) is 16.0. The highest BCUT2D eigenvalue weighted by Gasteiger charge is 2.73. The van der Waals surface area contributed by atoms with Crippen LogP contribution in [-0.2, 0) is 42.8 Å². The quantitative estimate of drug-likeness (QED) is 0.0235. The molecule has 0 amide bonds. The van der Waals surface area contributed by atoms with Crippen LogP contribution in [0.3, 0.4) is 0 Å². The van der Waals surface area contributed by atoms with Gasteiger partial charge in [0.25, 0.3) is 0 Å². The molecule has 2 heterocycles. The van der Waals surface area contributed by atoms with Crippen LogP contribution in [0.2, 0.25) is 15.8 Å². The van der Waals surface area contributed by atoms with E-state index in [0.717, 1.165) is 5.57 Å². The van der Waals surface area contributed by atoms with Gasteiger partial charge in [0.05, 0.1) is 43.0 Å². The maximum Gasteiger partial charge on any atom is 0.335 e. The van der Waals surface area contributed by atoms with Crippen molar-refractivity contribution < 1.29 is 88.8 Å². The van der Waals surface area contributed by atoms with E-state index in [4.69, 9.17) is 41.0 Å².